The predicted molar refractivity (Wildman–Crippen MR) is 56.2 cm³/mol. The molecular weight excluding hydrogens is 208 g/mol. The average molecular weight is 218 g/mol. The highest BCUT2D eigenvalue weighted by atomic mass is 16.1. The van der Waals surface area contributed by atoms with Gasteiger partial charge in [0.15, 0.2) is 0 Å². The minimum atomic E-state index is -0.232. The fraction of sp³-hybridized carbons (Fsp3) is 0.111. The number of amides is 1. The minimum Gasteiger partial charge on any atom is -0.384 e. The van der Waals surface area contributed by atoms with E-state index in [4.69, 9.17) is 5.73 Å². The van der Waals surface area contributed by atoms with Crippen LogP contribution < -0.4 is 11.1 Å². The molecule has 2 rings (SSSR count). The summed E-state index contributed by atoms with van der Waals surface area (Å²) in [5.74, 6) is 0.743. The highest BCUT2D eigenvalue weighted by Crippen LogP contribution is 2.01. The second-order valence-corrected chi connectivity index (χ2v) is 3.09. The van der Waals surface area contributed by atoms with Crippen LogP contribution in [0.4, 0.5) is 5.82 Å². The summed E-state index contributed by atoms with van der Waals surface area (Å²) in [7, 11) is 0. The zero-order valence-electron chi connectivity index (χ0n) is 8.34. The number of rotatable bonds is 3. The van der Waals surface area contributed by atoms with E-state index in [2.05, 4.69) is 25.5 Å². The summed E-state index contributed by atoms with van der Waals surface area (Å²) in [4.78, 5) is 19.3. The summed E-state index contributed by atoms with van der Waals surface area (Å²) < 4.78 is 0. The van der Waals surface area contributed by atoms with Crippen LogP contribution in [0.5, 0.6) is 0 Å². The van der Waals surface area contributed by atoms with Gasteiger partial charge in [0.25, 0.3) is 5.91 Å². The first kappa shape index (κ1) is 10.1. The molecule has 1 amide bonds. The number of anilines is 1. The molecule has 0 saturated heterocycles. The van der Waals surface area contributed by atoms with Crippen LogP contribution in [0.3, 0.4) is 0 Å². The van der Waals surface area contributed by atoms with E-state index in [1.807, 2.05) is 0 Å². The summed E-state index contributed by atoms with van der Waals surface area (Å²) in [5.41, 5.74) is 5.86. The minimum absolute atomic E-state index is 0.232. The van der Waals surface area contributed by atoms with Crippen molar-refractivity contribution in [3.63, 3.8) is 0 Å². The van der Waals surface area contributed by atoms with Crippen molar-refractivity contribution in [2.75, 3.05) is 5.73 Å². The molecule has 2 aromatic rings. The first-order valence-corrected chi connectivity index (χ1v) is 4.59. The van der Waals surface area contributed by atoms with E-state index >= 15 is 0 Å². The van der Waals surface area contributed by atoms with Crippen molar-refractivity contribution in [2.24, 2.45) is 0 Å². The molecule has 2 heterocycles. The summed E-state index contributed by atoms with van der Waals surface area (Å²) in [6, 6.07) is 3.18. The Kier molecular flexibility index (Phi) is 2.77. The predicted octanol–water partition coefficient (Wildman–Crippen LogP) is -0.288. The summed E-state index contributed by atoms with van der Waals surface area (Å²) >= 11 is 0. The number of aromatic amines is 1. The number of hydrogen-bond acceptors (Lipinski definition) is 5. The molecular formula is C9H10N6O. The molecule has 0 aromatic carbocycles. The van der Waals surface area contributed by atoms with Gasteiger partial charge >= 0.3 is 0 Å². The highest BCUT2D eigenvalue weighted by Gasteiger charge is 2.05. The van der Waals surface area contributed by atoms with Crippen LogP contribution in [0.25, 0.3) is 0 Å². The van der Waals surface area contributed by atoms with Gasteiger partial charge in [-0.25, -0.2) is 9.97 Å². The summed E-state index contributed by atoms with van der Waals surface area (Å²) in [6.45, 7) is 0.295. The van der Waals surface area contributed by atoms with E-state index in [-0.39, 0.29) is 5.91 Å². The van der Waals surface area contributed by atoms with E-state index in [1.165, 1.54) is 12.5 Å². The third-order valence-corrected chi connectivity index (χ3v) is 1.93. The molecule has 0 spiro atoms. The number of nitrogen functional groups attached to an aromatic ring is 1. The Morgan fingerprint density at radius 1 is 1.44 bits per heavy atom. The fourth-order valence-corrected chi connectivity index (χ4v) is 1.12. The lowest BCUT2D eigenvalue weighted by Crippen LogP contribution is -2.23. The Balaban J connectivity index is 1.95. The van der Waals surface area contributed by atoms with Gasteiger partial charge in [-0.2, -0.15) is 5.10 Å². The molecule has 0 radical (unpaired) electrons. The third kappa shape index (κ3) is 2.32. The molecule has 16 heavy (non-hydrogen) atoms. The maximum atomic E-state index is 11.6. The van der Waals surface area contributed by atoms with Gasteiger partial charge in [-0.1, -0.05) is 0 Å². The molecule has 4 N–H and O–H groups in total. The van der Waals surface area contributed by atoms with Crippen molar-refractivity contribution in [2.45, 2.75) is 6.54 Å². The van der Waals surface area contributed by atoms with E-state index < -0.39 is 0 Å². The molecule has 7 heteroatoms. The van der Waals surface area contributed by atoms with Gasteiger partial charge < -0.3 is 11.1 Å². The van der Waals surface area contributed by atoms with E-state index in [0.29, 0.717) is 23.8 Å². The Hall–Kier alpha value is -2.44. The number of hydrogen-bond donors (Lipinski definition) is 3. The Bertz CT molecular complexity index is 463. The molecule has 0 aliphatic heterocycles. The maximum absolute atomic E-state index is 11.6. The van der Waals surface area contributed by atoms with Crippen molar-refractivity contribution < 1.29 is 4.79 Å². The molecule has 82 valence electrons. The largest absolute Gasteiger partial charge is 0.384 e. The quantitative estimate of drug-likeness (QED) is 0.655. The Labute approximate surface area is 91.1 Å². The highest BCUT2D eigenvalue weighted by molar-refractivity contribution is 5.93. The maximum Gasteiger partial charge on any atom is 0.253 e. The number of nitrogens with two attached hydrogens (primary N) is 1. The van der Waals surface area contributed by atoms with Crippen molar-refractivity contribution in [1.82, 2.24) is 25.5 Å². The standard InChI is InChI=1S/C9H10N6O/c10-7-2-1-6(3-11-7)9(16)12-4-8-13-5-14-15-8/h1-3,5H,4H2,(H2,10,11)(H,12,16)(H,13,14,15). The lowest BCUT2D eigenvalue weighted by Gasteiger charge is -2.02. The zero-order valence-corrected chi connectivity index (χ0v) is 8.34. The van der Waals surface area contributed by atoms with Crippen LogP contribution in [-0.4, -0.2) is 26.1 Å². The SMILES string of the molecule is Nc1ccc(C(=O)NCc2ncn[nH]2)cn1. The third-order valence-electron chi connectivity index (χ3n) is 1.93. The topological polar surface area (TPSA) is 110 Å². The second kappa shape index (κ2) is 4.39. The van der Waals surface area contributed by atoms with Crippen LogP contribution in [0.15, 0.2) is 24.7 Å². The molecule has 0 unspecified atom stereocenters. The number of aromatic nitrogens is 4. The summed E-state index contributed by atoms with van der Waals surface area (Å²) in [5, 5.41) is 8.98. The molecule has 0 aliphatic rings. The van der Waals surface area contributed by atoms with Gasteiger partial charge in [-0.15, -0.1) is 0 Å². The van der Waals surface area contributed by atoms with E-state index in [9.17, 15) is 4.79 Å². The Morgan fingerprint density at radius 2 is 2.31 bits per heavy atom. The first-order chi connectivity index (χ1) is 7.75. The van der Waals surface area contributed by atoms with Crippen LogP contribution in [0.1, 0.15) is 16.2 Å². The van der Waals surface area contributed by atoms with Crippen molar-refractivity contribution in [1.29, 1.82) is 0 Å². The number of nitrogens with one attached hydrogen (secondary N) is 2. The molecule has 7 nitrogen and oxygen atoms in total. The van der Waals surface area contributed by atoms with Crippen LogP contribution in [0, 0.1) is 0 Å². The first-order valence-electron chi connectivity index (χ1n) is 4.59. The van der Waals surface area contributed by atoms with Gasteiger partial charge in [0.1, 0.15) is 18.0 Å². The molecule has 0 atom stereocenters. The van der Waals surface area contributed by atoms with E-state index in [0.717, 1.165) is 0 Å². The molecule has 2 aromatic heterocycles. The molecule has 0 bridgehead atoms. The number of nitrogens with zero attached hydrogens (tertiary/aromatic N) is 3. The smallest absolute Gasteiger partial charge is 0.253 e. The Morgan fingerprint density at radius 3 is 2.94 bits per heavy atom. The molecule has 0 fully saturated rings. The van der Waals surface area contributed by atoms with Crippen molar-refractivity contribution in [3.05, 3.63) is 36.0 Å². The number of pyridine rings is 1. The second-order valence-electron chi connectivity index (χ2n) is 3.09. The van der Waals surface area contributed by atoms with Crippen LogP contribution in [0.2, 0.25) is 0 Å². The fourth-order valence-electron chi connectivity index (χ4n) is 1.12. The average Bonchev–Trinajstić information content (AvgIpc) is 2.80. The molecule has 0 saturated carbocycles. The van der Waals surface area contributed by atoms with Crippen LogP contribution in [-0.2, 0) is 6.54 Å². The number of H-pyrrole nitrogens is 1. The normalized spacial score (nSPS) is 10.0. The lowest BCUT2D eigenvalue weighted by molar-refractivity contribution is 0.0949. The van der Waals surface area contributed by atoms with E-state index in [1.54, 1.807) is 12.1 Å². The molecule has 0 aliphatic carbocycles. The number of carbonyl (C=O) groups is 1. The zero-order chi connectivity index (χ0) is 11.4. The monoisotopic (exact) mass is 218 g/mol. The van der Waals surface area contributed by atoms with Gasteiger partial charge in [-0.05, 0) is 12.1 Å². The van der Waals surface area contributed by atoms with Gasteiger partial charge in [-0.3, -0.25) is 9.89 Å². The van der Waals surface area contributed by atoms with Crippen LogP contribution >= 0.6 is 0 Å². The van der Waals surface area contributed by atoms with Gasteiger partial charge in [0.05, 0.1) is 12.1 Å². The van der Waals surface area contributed by atoms with Gasteiger partial charge in [0, 0.05) is 6.20 Å². The number of carbonyl (C=O) groups excluding carboxylic acids is 1. The lowest BCUT2D eigenvalue weighted by atomic mass is 10.2. The van der Waals surface area contributed by atoms with Gasteiger partial charge in [0.2, 0.25) is 0 Å². The van der Waals surface area contributed by atoms with Crippen molar-refractivity contribution in [3.8, 4) is 0 Å². The van der Waals surface area contributed by atoms with Crippen molar-refractivity contribution >= 4 is 11.7 Å². The summed E-state index contributed by atoms with van der Waals surface area (Å²) in [6.07, 6.45) is 2.80.